The van der Waals surface area contributed by atoms with Crippen LogP contribution >= 0.6 is 0 Å². The number of carbonyl (C=O) groups excluding carboxylic acids is 1. The van der Waals surface area contributed by atoms with Gasteiger partial charge in [-0.2, -0.15) is 5.26 Å². The van der Waals surface area contributed by atoms with Crippen molar-refractivity contribution >= 4 is 5.91 Å². The Morgan fingerprint density at radius 3 is 2.54 bits per heavy atom. The summed E-state index contributed by atoms with van der Waals surface area (Å²) in [4.78, 5) is 20.8. The number of hydrogen-bond acceptors (Lipinski definition) is 5. The molecule has 0 saturated heterocycles. The van der Waals surface area contributed by atoms with Gasteiger partial charge in [-0.1, -0.05) is 6.07 Å². The molecule has 0 aliphatic rings. The minimum Gasteiger partial charge on any atom is -0.481 e. The first kappa shape index (κ1) is 19.4. The minimum absolute atomic E-state index is 0.0833. The van der Waals surface area contributed by atoms with Crippen LogP contribution in [0.3, 0.4) is 0 Å². The van der Waals surface area contributed by atoms with E-state index in [1.54, 1.807) is 48.5 Å². The van der Waals surface area contributed by atoms with Gasteiger partial charge in [-0.05, 0) is 56.9 Å². The molecule has 1 aromatic carbocycles. The molecule has 6 nitrogen and oxygen atoms in total. The lowest BCUT2D eigenvalue weighted by molar-refractivity contribution is -0.138. The van der Waals surface area contributed by atoms with Crippen LogP contribution < -0.4 is 4.74 Å². The van der Waals surface area contributed by atoms with E-state index >= 15 is 0 Å². The monoisotopic (exact) mass is 352 g/mol. The fraction of sp³-hybridized carbons (Fsp3) is 0.350. The molecule has 0 aliphatic heterocycles. The van der Waals surface area contributed by atoms with Crippen LogP contribution in [-0.4, -0.2) is 54.0 Å². The zero-order valence-electron chi connectivity index (χ0n) is 15.4. The van der Waals surface area contributed by atoms with Crippen LogP contribution in [0.5, 0.6) is 5.75 Å². The number of rotatable bonds is 8. The summed E-state index contributed by atoms with van der Waals surface area (Å²) in [6.07, 6.45) is 2.86. The van der Waals surface area contributed by atoms with Gasteiger partial charge in [0.2, 0.25) is 0 Å². The molecule has 1 aromatic heterocycles. The average molecular weight is 352 g/mol. The summed E-state index contributed by atoms with van der Waals surface area (Å²) in [5.41, 5.74) is 1.53. The van der Waals surface area contributed by atoms with Crippen molar-refractivity contribution in [2.75, 3.05) is 27.2 Å². The maximum atomic E-state index is 12.9. The largest absolute Gasteiger partial charge is 0.481 e. The van der Waals surface area contributed by atoms with E-state index in [2.05, 4.69) is 11.1 Å². The number of aromatic nitrogens is 1. The first-order valence-electron chi connectivity index (χ1n) is 8.49. The molecule has 0 saturated carbocycles. The number of nitriles is 1. The first-order chi connectivity index (χ1) is 12.5. The molecule has 1 unspecified atom stereocenters. The molecule has 0 fully saturated rings. The molecule has 26 heavy (non-hydrogen) atoms. The van der Waals surface area contributed by atoms with Crippen molar-refractivity contribution < 1.29 is 9.53 Å². The highest BCUT2D eigenvalue weighted by Crippen LogP contribution is 2.15. The van der Waals surface area contributed by atoms with Crippen molar-refractivity contribution in [3.8, 4) is 11.8 Å². The Labute approximate surface area is 154 Å². The van der Waals surface area contributed by atoms with Crippen LogP contribution in [0.4, 0.5) is 0 Å². The Bertz CT molecular complexity index is 739. The Kier molecular flexibility index (Phi) is 7.12. The van der Waals surface area contributed by atoms with E-state index in [-0.39, 0.29) is 5.91 Å². The molecule has 0 bridgehead atoms. The molecular formula is C20H24N4O2. The minimum atomic E-state index is -0.623. The van der Waals surface area contributed by atoms with Crippen LogP contribution in [0.25, 0.3) is 0 Å². The molecule has 0 N–H and O–H groups in total. The molecule has 1 atom stereocenters. The number of amides is 1. The van der Waals surface area contributed by atoms with Gasteiger partial charge in [0.25, 0.3) is 5.91 Å². The molecule has 6 heteroatoms. The lowest BCUT2D eigenvalue weighted by atomic mass is 10.2. The zero-order valence-corrected chi connectivity index (χ0v) is 15.4. The summed E-state index contributed by atoms with van der Waals surface area (Å²) in [5, 5.41) is 8.85. The van der Waals surface area contributed by atoms with Gasteiger partial charge in [0.1, 0.15) is 5.75 Å². The van der Waals surface area contributed by atoms with Crippen molar-refractivity contribution in [2.45, 2.75) is 19.6 Å². The predicted octanol–water partition coefficient (Wildman–Crippen LogP) is 2.31. The Morgan fingerprint density at radius 1 is 1.23 bits per heavy atom. The van der Waals surface area contributed by atoms with Crippen molar-refractivity contribution in [3.63, 3.8) is 0 Å². The highest BCUT2D eigenvalue weighted by Gasteiger charge is 2.22. The molecular weight excluding hydrogens is 328 g/mol. The van der Waals surface area contributed by atoms with Crippen LogP contribution in [0.15, 0.2) is 48.8 Å². The third-order valence-corrected chi connectivity index (χ3v) is 3.87. The van der Waals surface area contributed by atoms with Crippen molar-refractivity contribution in [1.82, 2.24) is 14.8 Å². The van der Waals surface area contributed by atoms with E-state index in [0.29, 0.717) is 24.4 Å². The van der Waals surface area contributed by atoms with E-state index < -0.39 is 6.10 Å². The second-order valence-electron chi connectivity index (χ2n) is 6.32. The van der Waals surface area contributed by atoms with Gasteiger partial charge in [0, 0.05) is 32.0 Å². The van der Waals surface area contributed by atoms with Crippen LogP contribution in [0, 0.1) is 11.3 Å². The van der Waals surface area contributed by atoms with Crippen molar-refractivity contribution in [1.29, 1.82) is 5.26 Å². The highest BCUT2D eigenvalue weighted by molar-refractivity contribution is 5.81. The first-order valence-corrected chi connectivity index (χ1v) is 8.49. The van der Waals surface area contributed by atoms with Crippen LogP contribution in [-0.2, 0) is 11.3 Å². The third kappa shape index (κ3) is 5.87. The fourth-order valence-corrected chi connectivity index (χ4v) is 2.42. The SMILES string of the molecule is CC(Oc1ccc(C#N)cc1)C(=O)N(CCN(C)C)Cc1cccnc1. The smallest absolute Gasteiger partial charge is 0.263 e. The van der Waals surface area contributed by atoms with E-state index in [1.165, 1.54) is 0 Å². The summed E-state index contributed by atoms with van der Waals surface area (Å²) in [5.74, 6) is 0.485. The van der Waals surface area contributed by atoms with E-state index in [4.69, 9.17) is 10.00 Å². The number of hydrogen-bond donors (Lipinski definition) is 0. The van der Waals surface area contributed by atoms with Gasteiger partial charge in [0.05, 0.1) is 11.6 Å². The molecule has 1 heterocycles. The standard InChI is InChI=1S/C20H24N4O2/c1-16(26-19-8-6-17(13-21)7-9-19)20(25)24(12-11-23(2)3)15-18-5-4-10-22-14-18/h4-10,14,16H,11-12,15H2,1-3H3. The van der Waals surface area contributed by atoms with Crippen LogP contribution in [0.2, 0.25) is 0 Å². The number of benzene rings is 1. The molecule has 1 amide bonds. The Balaban J connectivity index is 2.06. The van der Waals surface area contributed by atoms with Gasteiger partial charge >= 0.3 is 0 Å². The van der Waals surface area contributed by atoms with Crippen LogP contribution in [0.1, 0.15) is 18.1 Å². The zero-order chi connectivity index (χ0) is 18.9. The number of ether oxygens (including phenoxy) is 1. The van der Waals surface area contributed by atoms with Gasteiger partial charge in [-0.25, -0.2) is 0 Å². The second-order valence-corrected chi connectivity index (χ2v) is 6.32. The molecule has 2 aromatic rings. The summed E-state index contributed by atoms with van der Waals surface area (Å²) in [7, 11) is 3.95. The average Bonchev–Trinajstić information content (AvgIpc) is 2.65. The number of likely N-dealkylation sites (N-methyl/N-ethyl adjacent to an activating group) is 1. The van der Waals surface area contributed by atoms with E-state index in [1.807, 2.05) is 31.1 Å². The fourth-order valence-electron chi connectivity index (χ4n) is 2.42. The van der Waals surface area contributed by atoms with Crippen molar-refractivity contribution in [3.05, 3.63) is 59.9 Å². The molecule has 0 aliphatic carbocycles. The summed E-state index contributed by atoms with van der Waals surface area (Å²) < 4.78 is 5.77. The van der Waals surface area contributed by atoms with Gasteiger partial charge in [-0.3, -0.25) is 9.78 Å². The summed E-state index contributed by atoms with van der Waals surface area (Å²) in [6, 6.07) is 12.6. The second kappa shape index (κ2) is 9.54. The topological polar surface area (TPSA) is 69.5 Å². The quantitative estimate of drug-likeness (QED) is 0.729. The molecule has 136 valence electrons. The Morgan fingerprint density at radius 2 is 1.96 bits per heavy atom. The Hall–Kier alpha value is -2.91. The lowest BCUT2D eigenvalue weighted by Crippen LogP contribution is -2.43. The summed E-state index contributed by atoms with van der Waals surface area (Å²) in [6.45, 7) is 3.59. The third-order valence-electron chi connectivity index (χ3n) is 3.87. The summed E-state index contributed by atoms with van der Waals surface area (Å²) >= 11 is 0. The predicted molar refractivity (Wildman–Crippen MR) is 99.5 cm³/mol. The molecule has 0 spiro atoms. The maximum Gasteiger partial charge on any atom is 0.263 e. The lowest BCUT2D eigenvalue weighted by Gasteiger charge is -2.27. The van der Waals surface area contributed by atoms with Gasteiger partial charge in [0.15, 0.2) is 6.10 Å². The number of nitrogens with zero attached hydrogens (tertiary/aromatic N) is 4. The normalized spacial score (nSPS) is 11.7. The molecule has 0 radical (unpaired) electrons. The maximum absolute atomic E-state index is 12.9. The van der Waals surface area contributed by atoms with Crippen molar-refractivity contribution in [2.24, 2.45) is 0 Å². The van der Waals surface area contributed by atoms with Gasteiger partial charge < -0.3 is 14.5 Å². The number of carbonyl (C=O) groups is 1. The highest BCUT2D eigenvalue weighted by atomic mass is 16.5. The molecule has 2 rings (SSSR count). The van der Waals surface area contributed by atoms with E-state index in [9.17, 15) is 4.79 Å². The van der Waals surface area contributed by atoms with Gasteiger partial charge in [-0.15, -0.1) is 0 Å². The number of pyridine rings is 1. The van der Waals surface area contributed by atoms with E-state index in [0.717, 1.165) is 12.1 Å².